The number of aryl methyl sites for hydroxylation is 1. The van der Waals surface area contributed by atoms with E-state index in [1.54, 1.807) is 19.1 Å². The van der Waals surface area contributed by atoms with Crippen LogP contribution in [0.1, 0.15) is 29.5 Å². The molecule has 0 fully saturated rings. The third-order valence-corrected chi connectivity index (χ3v) is 3.39. The van der Waals surface area contributed by atoms with Gasteiger partial charge in [-0.3, -0.25) is 4.79 Å². The van der Waals surface area contributed by atoms with Crippen molar-refractivity contribution < 1.29 is 9.53 Å². The number of ether oxygens (including phenoxy) is 1. The number of hydrogen-bond acceptors (Lipinski definition) is 3. The third kappa shape index (κ3) is 3.05. The van der Waals surface area contributed by atoms with Crippen molar-refractivity contribution in [2.75, 3.05) is 19.1 Å². The molecule has 0 saturated heterocycles. The summed E-state index contributed by atoms with van der Waals surface area (Å²) in [6.07, 6.45) is 0.493. The zero-order valence-corrected chi connectivity index (χ0v) is 12.2. The van der Waals surface area contributed by atoms with Crippen LogP contribution in [0, 0.1) is 32.1 Å². The quantitative estimate of drug-likeness (QED) is 0.836. The average Bonchev–Trinajstić information content (AvgIpc) is 2.40. The Kier molecular flexibility index (Phi) is 4.94. The minimum atomic E-state index is -0.0476. The Labute approximate surface area is 114 Å². The van der Waals surface area contributed by atoms with Gasteiger partial charge in [-0.25, -0.2) is 0 Å². The predicted molar refractivity (Wildman–Crippen MR) is 75.5 cm³/mol. The fourth-order valence-electron chi connectivity index (χ4n) is 2.16. The highest BCUT2D eigenvalue weighted by Gasteiger charge is 2.17. The van der Waals surface area contributed by atoms with Gasteiger partial charge in [-0.2, -0.15) is 5.26 Å². The smallest absolute Gasteiger partial charge is 0.227 e. The first kappa shape index (κ1) is 15.0. The van der Waals surface area contributed by atoms with Crippen molar-refractivity contribution in [3.63, 3.8) is 0 Å². The number of amides is 1. The van der Waals surface area contributed by atoms with E-state index < -0.39 is 0 Å². The Morgan fingerprint density at radius 3 is 2.53 bits per heavy atom. The van der Waals surface area contributed by atoms with Crippen molar-refractivity contribution in [3.05, 3.63) is 22.8 Å². The number of hydrogen-bond donors (Lipinski definition) is 0. The number of methoxy groups -OCH3 is 1. The first-order valence-electron chi connectivity index (χ1n) is 6.22. The molecule has 0 spiro atoms. The second-order valence-electron chi connectivity index (χ2n) is 4.61. The van der Waals surface area contributed by atoms with Crippen LogP contribution in [-0.2, 0) is 4.79 Å². The third-order valence-electron chi connectivity index (χ3n) is 3.39. The lowest BCUT2D eigenvalue weighted by Gasteiger charge is -2.23. The lowest BCUT2D eigenvalue weighted by atomic mass is 10.0. The Morgan fingerprint density at radius 1 is 1.37 bits per heavy atom. The molecule has 0 N–H and O–H groups in total. The minimum absolute atomic E-state index is 0.0476. The fourth-order valence-corrected chi connectivity index (χ4v) is 2.16. The number of benzene rings is 1. The van der Waals surface area contributed by atoms with Crippen LogP contribution in [0.4, 0.5) is 5.69 Å². The van der Waals surface area contributed by atoms with Crippen LogP contribution in [-0.4, -0.2) is 20.1 Å². The van der Waals surface area contributed by atoms with Gasteiger partial charge in [0.05, 0.1) is 13.2 Å². The van der Waals surface area contributed by atoms with Crippen molar-refractivity contribution >= 4 is 11.6 Å². The molecule has 0 heterocycles. The van der Waals surface area contributed by atoms with Crippen molar-refractivity contribution in [2.24, 2.45) is 0 Å². The Balaban J connectivity index is 3.15. The molecule has 4 heteroatoms. The summed E-state index contributed by atoms with van der Waals surface area (Å²) in [7, 11) is 3.39. The van der Waals surface area contributed by atoms with Crippen LogP contribution < -0.4 is 9.64 Å². The summed E-state index contributed by atoms with van der Waals surface area (Å²) >= 11 is 0. The van der Waals surface area contributed by atoms with E-state index in [-0.39, 0.29) is 18.7 Å². The van der Waals surface area contributed by atoms with Crippen molar-refractivity contribution in [2.45, 2.75) is 33.6 Å². The average molecular weight is 260 g/mol. The molecule has 0 aromatic heterocycles. The van der Waals surface area contributed by atoms with Crippen molar-refractivity contribution in [1.82, 2.24) is 0 Å². The molecule has 102 valence electrons. The highest BCUT2D eigenvalue weighted by Crippen LogP contribution is 2.33. The van der Waals surface area contributed by atoms with E-state index in [4.69, 9.17) is 10.00 Å². The molecule has 4 nitrogen and oxygen atoms in total. The monoisotopic (exact) mass is 260 g/mol. The molecule has 0 saturated carbocycles. The molecule has 1 aromatic carbocycles. The first-order valence-corrected chi connectivity index (χ1v) is 6.22. The van der Waals surface area contributed by atoms with Gasteiger partial charge in [0.15, 0.2) is 0 Å². The fraction of sp³-hybridized carbons (Fsp3) is 0.467. The summed E-state index contributed by atoms with van der Waals surface area (Å²) in [6.45, 7) is 5.92. The number of carbonyl (C=O) groups is 1. The molecule has 0 radical (unpaired) electrons. The number of nitrogens with zero attached hydrogens (tertiary/aromatic N) is 2. The van der Waals surface area contributed by atoms with Gasteiger partial charge in [-0.05, 0) is 43.5 Å². The number of carbonyl (C=O) groups excluding carboxylic acids is 1. The zero-order valence-electron chi connectivity index (χ0n) is 12.2. The van der Waals surface area contributed by atoms with E-state index in [1.807, 2.05) is 32.9 Å². The van der Waals surface area contributed by atoms with Gasteiger partial charge in [0.25, 0.3) is 0 Å². The summed E-state index contributed by atoms with van der Waals surface area (Å²) in [4.78, 5) is 13.6. The maximum atomic E-state index is 12.0. The van der Waals surface area contributed by atoms with Crippen LogP contribution in [0.15, 0.2) is 6.07 Å². The molecular weight excluding hydrogens is 240 g/mol. The molecule has 0 unspecified atom stereocenters. The SMILES string of the molecule is COc1c(C)cc(N(C)C(=O)CCC#N)c(C)c1C. The van der Waals surface area contributed by atoms with Gasteiger partial charge in [-0.15, -0.1) is 0 Å². The first-order chi connectivity index (χ1) is 8.93. The topological polar surface area (TPSA) is 53.3 Å². The molecule has 1 amide bonds. The lowest BCUT2D eigenvalue weighted by Crippen LogP contribution is -2.26. The molecule has 1 aromatic rings. The summed E-state index contributed by atoms with van der Waals surface area (Å²) in [5.74, 6) is 0.813. The maximum absolute atomic E-state index is 12.0. The summed E-state index contributed by atoms with van der Waals surface area (Å²) in [5.41, 5.74) is 3.94. The lowest BCUT2D eigenvalue weighted by molar-refractivity contribution is -0.118. The van der Waals surface area contributed by atoms with E-state index >= 15 is 0 Å². The van der Waals surface area contributed by atoms with Gasteiger partial charge < -0.3 is 9.64 Å². The number of rotatable bonds is 4. The van der Waals surface area contributed by atoms with Crippen LogP contribution in [0.3, 0.4) is 0 Å². The molecule has 0 aliphatic heterocycles. The number of anilines is 1. The van der Waals surface area contributed by atoms with E-state index in [0.29, 0.717) is 0 Å². The molecule has 0 bridgehead atoms. The molecule has 0 aliphatic carbocycles. The van der Waals surface area contributed by atoms with Gasteiger partial charge in [0.1, 0.15) is 5.75 Å². The van der Waals surface area contributed by atoms with Crippen molar-refractivity contribution in [3.8, 4) is 11.8 Å². The van der Waals surface area contributed by atoms with Crippen LogP contribution in [0.2, 0.25) is 0 Å². The second kappa shape index (κ2) is 6.24. The van der Waals surface area contributed by atoms with Crippen molar-refractivity contribution in [1.29, 1.82) is 5.26 Å². The maximum Gasteiger partial charge on any atom is 0.227 e. The Morgan fingerprint density at radius 2 is 2.00 bits per heavy atom. The molecule has 19 heavy (non-hydrogen) atoms. The number of nitriles is 1. The minimum Gasteiger partial charge on any atom is -0.496 e. The van der Waals surface area contributed by atoms with Gasteiger partial charge in [0.2, 0.25) is 5.91 Å². The van der Waals surface area contributed by atoms with Gasteiger partial charge in [-0.1, -0.05) is 0 Å². The Hall–Kier alpha value is -2.02. The second-order valence-corrected chi connectivity index (χ2v) is 4.61. The highest BCUT2D eigenvalue weighted by molar-refractivity contribution is 5.94. The predicted octanol–water partition coefficient (Wildman–Crippen LogP) is 2.89. The Bertz CT molecular complexity index is 530. The van der Waals surface area contributed by atoms with E-state index in [1.165, 1.54) is 0 Å². The summed E-state index contributed by atoms with van der Waals surface area (Å²) < 4.78 is 5.37. The molecule has 0 atom stereocenters. The van der Waals surface area contributed by atoms with Gasteiger partial charge >= 0.3 is 0 Å². The molecule has 1 rings (SSSR count). The summed E-state index contributed by atoms with van der Waals surface area (Å²) in [5, 5.41) is 8.54. The zero-order chi connectivity index (χ0) is 14.6. The van der Waals surface area contributed by atoms with E-state index in [2.05, 4.69) is 0 Å². The normalized spacial score (nSPS) is 9.89. The van der Waals surface area contributed by atoms with E-state index in [0.717, 1.165) is 28.1 Å². The van der Waals surface area contributed by atoms with Gasteiger partial charge in [0, 0.05) is 25.6 Å². The van der Waals surface area contributed by atoms with Crippen LogP contribution in [0.5, 0.6) is 5.75 Å². The molecule has 0 aliphatic rings. The molecular formula is C15H20N2O2. The largest absolute Gasteiger partial charge is 0.496 e. The highest BCUT2D eigenvalue weighted by atomic mass is 16.5. The van der Waals surface area contributed by atoms with Crippen LogP contribution in [0.25, 0.3) is 0 Å². The van der Waals surface area contributed by atoms with E-state index in [9.17, 15) is 4.79 Å². The standard InChI is InChI=1S/C15H20N2O2/c1-10-9-13(11(2)12(3)15(10)19-5)17(4)14(18)7-6-8-16/h9H,6-7H2,1-5H3. The van der Waals surface area contributed by atoms with Crippen LogP contribution >= 0.6 is 0 Å². The summed E-state index contributed by atoms with van der Waals surface area (Å²) in [6, 6.07) is 3.94.